The first-order valence-corrected chi connectivity index (χ1v) is 7.38. The lowest BCUT2D eigenvalue weighted by Gasteiger charge is -2.40. The monoisotopic (exact) mass is 296 g/mol. The Kier molecular flexibility index (Phi) is 6.28. The molecule has 0 aromatic rings. The molecular weight excluding hydrogens is 269 g/mol. The van der Waals surface area contributed by atoms with Crippen LogP contribution in [-0.2, 0) is 0 Å². The van der Waals surface area contributed by atoms with Crippen LogP contribution >= 0.6 is 0 Å². The highest BCUT2D eigenvalue weighted by Gasteiger charge is 2.42. The van der Waals surface area contributed by atoms with Crippen LogP contribution in [-0.4, -0.2) is 54.0 Å². The van der Waals surface area contributed by atoms with Gasteiger partial charge < -0.3 is 15.3 Å². The molecule has 0 radical (unpaired) electrons. The number of nitrogens with one attached hydrogen (secondary N) is 1. The molecule has 0 aromatic heterocycles. The largest absolute Gasteiger partial charge is 0.394 e. The molecule has 0 aliphatic carbocycles. The van der Waals surface area contributed by atoms with Crippen molar-refractivity contribution >= 4 is 0 Å². The summed E-state index contributed by atoms with van der Waals surface area (Å²) >= 11 is 0. The van der Waals surface area contributed by atoms with Gasteiger partial charge in [-0.25, -0.2) is 0 Å². The number of alkyl halides is 3. The van der Waals surface area contributed by atoms with Crippen LogP contribution in [0.25, 0.3) is 0 Å². The molecule has 1 heterocycles. The van der Waals surface area contributed by atoms with Gasteiger partial charge in [0.05, 0.1) is 12.5 Å². The maximum atomic E-state index is 12.6. The van der Waals surface area contributed by atoms with Crippen molar-refractivity contribution < 1.29 is 18.3 Å². The van der Waals surface area contributed by atoms with Gasteiger partial charge in [-0.2, -0.15) is 13.2 Å². The topological polar surface area (TPSA) is 35.5 Å². The molecular formula is C14H27F3N2O. The number of hydrogen-bond donors (Lipinski definition) is 2. The molecule has 1 rings (SSSR count). The predicted molar refractivity (Wildman–Crippen MR) is 73.6 cm³/mol. The van der Waals surface area contributed by atoms with Crippen molar-refractivity contribution in [3.8, 4) is 0 Å². The SMILES string of the molecule is CCNC(C)(CO)CC(C)N1CCC(C(F)(F)F)CC1. The molecule has 1 saturated heterocycles. The number of nitrogens with zero attached hydrogens (tertiary/aromatic N) is 1. The number of aliphatic hydroxyl groups is 1. The number of aliphatic hydroxyl groups excluding tert-OH is 1. The summed E-state index contributed by atoms with van der Waals surface area (Å²) < 4.78 is 37.9. The number of likely N-dealkylation sites (N-methyl/N-ethyl adjacent to an activating group) is 1. The van der Waals surface area contributed by atoms with Gasteiger partial charge in [-0.3, -0.25) is 0 Å². The molecule has 3 nitrogen and oxygen atoms in total. The lowest BCUT2D eigenvalue weighted by Crippen LogP contribution is -2.52. The van der Waals surface area contributed by atoms with Crippen molar-refractivity contribution in [2.24, 2.45) is 5.92 Å². The van der Waals surface area contributed by atoms with Gasteiger partial charge in [0.15, 0.2) is 0 Å². The fourth-order valence-corrected chi connectivity index (χ4v) is 3.07. The number of hydrogen-bond acceptors (Lipinski definition) is 3. The molecule has 2 N–H and O–H groups in total. The van der Waals surface area contributed by atoms with Crippen LogP contribution in [0.2, 0.25) is 0 Å². The standard InChI is InChI=1S/C14H27F3N2O/c1-4-18-13(3,10-20)9-11(2)19-7-5-12(6-8-19)14(15,16)17/h11-12,18,20H,4-10H2,1-3H3. The van der Waals surface area contributed by atoms with Crippen molar-refractivity contribution in [2.45, 2.75) is 57.8 Å². The molecule has 1 fully saturated rings. The minimum absolute atomic E-state index is 0.0319. The molecule has 0 bridgehead atoms. The van der Waals surface area contributed by atoms with Gasteiger partial charge >= 0.3 is 6.18 Å². The average molecular weight is 296 g/mol. The first-order chi connectivity index (χ1) is 9.22. The number of rotatable bonds is 6. The first-order valence-electron chi connectivity index (χ1n) is 7.38. The zero-order chi connectivity index (χ0) is 15.4. The van der Waals surface area contributed by atoms with E-state index in [1.165, 1.54) is 0 Å². The van der Waals surface area contributed by atoms with Crippen molar-refractivity contribution in [3.05, 3.63) is 0 Å². The molecule has 120 valence electrons. The smallest absolute Gasteiger partial charge is 0.391 e. The third-order valence-electron chi connectivity index (χ3n) is 4.31. The summed E-state index contributed by atoms with van der Waals surface area (Å²) in [6, 6.07) is 0.167. The van der Waals surface area contributed by atoms with E-state index in [0.717, 1.165) is 13.0 Å². The molecule has 0 aromatic carbocycles. The van der Waals surface area contributed by atoms with Gasteiger partial charge in [-0.15, -0.1) is 0 Å². The van der Waals surface area contributed by atoms with E-state index in [1.807, 2.05) is 20.8 Å². The quantitative estimate of drug-likeness (QED) is 0.790. The summed E-state index contributed by atoms with van der Waals surface area (Å²) in [5.74, 6) is -1.15. The van der Waals surface area contributed by atoms with Crippen LogP contribution in [0, 0.1) is 5.92 Å². The second-order valence-corrected chi connectivity index (χ2v) is 6.15. The summed E-state index contributed by atoms with van der Waals surface area (Å²) in [5, 5.41) is 12.7. The first kappa shape index (κ1) is 17.7. The average Bonchev–Trinajstić information content (AvgIpc) is 2.38. The van der Waals surface area contributed by atoms with E-state index >= 15 is 0 Å². The summed E-state index contributed by atoms with van der Waals surface area (Å²) in [6.45, 7) is 7.73. The maximum Gasteiger partial charge on any atom is 0.391 e. The second kappa shape index (κ2) is 7.09. The maximum absolute atomic E-state index is 12.6. The zero-order valence-electron chi connectivity index (χ0n) is 12.6. The summed E-state index contributed by atoms with van der Waals surface area (Å²) in [5.41, 5.74) is -0.366. The van der Waals surface area contributed by atoms with E-state index in [9.17, 15) is 18.3 Å². The molecule has 0 spiro atoms. The normalized spacial score (nSPS) is 23.6. The lowest BCUT2D eigenvalue weighted by molar-refractivity contribution is -0.186. The predicted octanol–water partition coefficient (Wildman–Crippen LogP) is 2.40. The van der Waals surface area contributed by atoms with Crippen LogP contribution in [0.4, 0.5) is 13.2 Å². The lowest BCUT2D eigenvalue weighted by atomic mass is 9.90. The van der Waals surface area contributed by atoms with E-state index in [0.29, 0.717) is 13.1 Å². The molecule has 20 heavy (non-hydrogen) atoms. The van der Waals surface area contributed by atoms with Crippen LogP contribution in [0.1, 0.15) is 40.0 Å². The van der Waals surface area contributed by atoms with E-state index < -0.39 is 12.1 Å². The molecule has 0 saturated carbocycles. The highest BCUT2D eigenvalue weighted by molar-refractivity contribution is 4.88. The Morgan fingerprint density at radius 3 is 2.25 bits per heavy atom. The second-order valence-electron chi connectivity index (χ2n) is 6.15. The van der Waals surface area contributed by atoms with Crippen molar-refractivity contribution in [3.63, 3.8) is 0 Å². The van der Waals surface area contributed by atoms with Gasteiger partial charge in [0.25, 0.3) is 0 Å². The van der Waals surface area contributed by atoms with E-state index in [2.05, 4.69) is 10.2 Å². The number of piperidine rings is 1. The highest BCUT2D eigenvalue weighted by Crippen LogP contribution is 2.35. The zero-order valence-corrected chi connectivity index (χ0v) is 12.6. The van der Waals surface area contributed by atoms with Crippen LogP contribution in [0.3, 0.4) is 0 Å². The minimum atomic E-state index is -4.06. The Bertz CT molecular complexity index is 291. The molecule has 1 aliphatic rings. The van der Waals surface area contributed by atoms with E-state index in [1.54, 1.807) is 0 Å². The Labute approximate surface area is 119 Å². The molecule has 2 atom stereocenters. The van der Waals surface area contributed by atoms with Crippen molar-refractivity contribution in [2.75, 3.05) is 26.2 Å². The fraction of sp³-hybridized carbons (Fsp3) is 1.00. The molecule has 0 amide bonds. The number of halogens is 3. The van der Waals surface area contributed by atoms with Gasteiger partial charge in [-0.1, -0.05) is 6.92 Å². The Hall–Kier alpha value is -0.330. The van der Waals surface area contributed by atoms with E-state index in [4.69, 9.17) is 0 Å². The van der Waals surface area contributed by atoms with Crippen LogP contribution < -0.4 is 5.32 Å². The summed E-state index contributed by atoms with van der Waals surface area (Å²) in [7, 11) is 0. The summed E-state index contributed by atoms with van der Waals surface area (Å²) in [4.78, 5) is 2.10. The van der Waals surface area contributed by atoms with Gasteiger partial charge in [0, 0.05) is 11.6 Å². The summed E-state index contributed by atoms with van der Waals surface area (Å²) in [6.07, 6.45) is -2.96. The molecule has 2 unspecified atom stereocenters. The Morgan fingerprint density at radius 1 is 1.30 bits per heavy atom. The number of likely N-dealkylation sites (tertiary alicyclic amines) is 1. The van der Waals surface area contributed by atoms with E-state index in [-0.39, 0.29) is 31.0 Å². The van der Waals surface area contributed by atoms with Crippen LogP contribution in [0.15, 0.2) is 0 Å². The molecule has 6 heteroatoms. The third-order valence-corrected chi connectivity index (χ3v) is 4.31. The van der Waals surface area contributed by atoms with Gasteiger partial charge in [0.2, 0.25) is 0 Å². The van der Waals surface area contributed by atoms with Crippen molar-refractivity contribution in [1.29, 1.82) is 0 Å². The minimum Gasteiger partial charge on any atom is -0.394 e. The van der Waals surface area contributed by atoms with Gasteiger partial charge in [-0.05, 0) is 52.7 Å². The van der Waals surface area contributed by atoms with Gasteiger partial charge in [0.1, 0.15) is 0 Å². The Morgan fingerprint density at radius 2 is 1.85 bits per heavy atom. The third kappa shape index (κ3) is 4.90. The van der Waals surface area contributed by atoms with Crippen molar-refractivity contribution in [1.82, 2.24) is 10.2 Å². The highest BCUT2D eigenvalue weighted by atomic mass is 19.4. The van der Waals surface area contributed by atoms with Crippen LogP contribution in [0.5, 0.6) is 0 Å². The fourth-order valence-electron chi connectivity index (χ4n) is 3.07. The molecule has 1 aliphatic heterocycles. The Balaban J connectivity index is 2.48.